The van der Waals surface area contributed by atoms with E-state index in [-0.39, 0.29) is 17.2 Å². The highest BCUT2D eigenvalue weighted by molar-refractivity contribution is 7.22. The zero-order valence-electron chi connectivity index (χ0n) is 22.3. The predicted octanol–water partition coefficient (Wildman–Crippen LogP) is 4.19. The van der Waals surface area contributed by atoms with Crippen LogP contribution in [-0.2, 0) is 4.74 Å². The highest BCUT2D eigenvalue weighted by Gasteiger charge is 2.28. The van der Waals surface area contributed by atoms with Crippen LogP contribution in [0.1, 0.15) is 29.6 Å². The number of thiazole rings is 1. The van der Waals surface area contributed by atoms with Gasteiger partial charge in [-0.2, -0.15) is 0 Å². The van der Waals surface area contributed by atoms with Crippen molar-refractivity contribution >= 4 is 44.0 Å². The van der Waals surface area contributed by atoms with Crippen LogP contribution < -0.4 is 19.3 Å². The van der Waals surface area contributed by atoms with Crippen molar-refractivity contribution in [2.45, 2.75) is 19.3 Å². The van der Waals surface area contributed by atoms with Crippen molar-refractivity contribution in [3.8, 4) is 11.5 Å². The van der Waals surface area contributed by atoms with Gasteiger partial charge in [-0.3, -0.25) is 24.7 Å². The fourth-order valence-electron chi connectivity index (χ4n) is 5.10. The van der Waals surface area contributed by atoms with Gasteiger partial charge in [-0.05, 0) is 43.5 Å². The molecule has 0 saturated carbocycles. The molecule has 1 amide bonds. The Kier molecular flexibility index (Phi) is 8.44. The van der Waals surface area contributed by atoms with Crippen molar-refractivity contribution < 1.29 is 23.9 Å². The number of anilines is 2. The summed E-state index contributed by atoms with van der Waals surface area (Å²) in [6, 6.07) is 8.40. The molecule has 0 bridgehead atoms. The standard InChI is InChI=1S/C27H33N5O6S/c1-36-22-8-9-23(37-2)25-24(22)28-27(39-25)31(13-12-29-14-16-38-17-15-29)26(33)19-6-7-20(21(18-19)32(34)35)30-10-4-3-5-11-30/h6-9,18H,3-5,10-17H2,1-2H3. The Labute approximate surface area is 231 Å². The molecular weight excluding hydrogens is 522 g/mol. The molecule has 12 heteroatoms. The molecule has 1 aromatic heterocycles. The molecule has 0 radical (unpaired) electrons. The van der Waals surface area contributed by atoms with Gasteiger partial charge >= 0.3 is 0 Å². The number of hydrogen-bond donors (Lipinski definition) is 0. The second-order valence-corrected chi connectivity index (χ2v) is 10.5. The molecule has 0 atom stereocenters. The molecule has 39 heavy (non-hydrogen) atoms. The highest BCUT2D eigenvalue weighted by atomic mass is 32.1. The lowest BCUT2D eigenvalue weighted by molar-refractivity contribution is -0.384. The lowest BCUT2D eigenvalue weighted by atomic mass is 10.1. The van der Waals surface area contributed by atoms with Gasteiger partial charge in [0.05, 0.1) is 32.4 Å². The second kappa shape index (κ2) is 12.1. The normalized spacial score (nSPS) is 16.3. The van der Waals surface area contributed by atoms with Gasteiger partial charge in [0.1, 0.15) is 27.4 Å². The van der Waals surface area contributed by atoms with Gasteiger partial charge in [-0.15, -0.1) is 0 Å². The fourth-order valence-corrected chi connectivity index (χ4v) is 6.20. The molecule has 3 aromatic rings. The van der Waals surface area contributed by atoms with Gasteiger partial charge in [0.2, 0.25) is 0 Å². The minimum Gasteiger partial charge on any atom is -0.495 e. The van der Waals surface area contributed by atoms with Crippen LogP contribution in [0.15, 0.2) is 30.3 Å². The number of nitro groups is 1. The Morgan fingerprint density at radius 1 is 1.08 bits per heavy atom. The topological polar surface area (TPSA) is 111 Å². The minimum absolute atomic E-state index is 0.0523. The van der Waals surface area contributed by atoms with E-state index in [2.05, 4.69) is 4.90 Å². The molecule has 2 fully saturated rings. The minimum atomic E-state index is -0.397. The van der Waals surface area contributed by atoms with Gasteiger partial charge in [0.25, 0.3) is 11.6 Å². The summed E-state index contributed by atoms with van der Waals surface area (Å²) in [5, 5.41) is 12.5. The number of ether oxygens (including phenoxy) is 3. The van der Waals surface area contributed by atoms with Crippen LogP contribution in [0.5, 0.6) is 11.5 Å². The third-order valence-corrected chi connectivity index (χ3v) is 8.33. The first kappa shape index (κ1) is 27.1. The lowest BCUT2D eigenvalue weighted by Gasteiger charge is -2.30. The maximum absolute atomic E-state index is 14.0. The number of nitrogens with zero attached hydrogens (tertiary/aromatic N) is 5. The van der Waals surface area contributed by atoms with Crippen molar-refractivity contribution in [2.24, 2.45) is 0 Å². The number of carbonyl (C=O) groups is 1. The third kappa shape index (κ3) is 5.77. The summed E-state index contributed by atoms with van der Waals surface area (Å²) in [4.78, 5) is 36.4. The van der Waals surface area contributed by atoms with Crippen molar-refractivity contribution in [3.05, 3.63) is 46.0 Å². The summed E-state index contributed by atoms with van der Waals surface area (Å²) in [5.74, 6) is 0.876. The highest BCUT2D eigenvalue weighted by Crippen LogP contribution is 2.41. The lowest BCUT2D eigenvalue weighted by Crippen LogP contribution is -2.43. The molecule has 2 aliphatic heterocycles. The third-order valence-electron chi connectivity index (χ3n) is 7.23. The first-order valence-corrected chi connectivity index (χ1v) is 14.0. The number of aromatic nitrogens is 1. The molecular formula is C27H33N5O6S. The number of carbonyl (C=O) groups excluding carboxylic acids is 1. The maximum Gasteiger partial charge on any atom is 0.293 e. The average molecular weight is 556 g/mol. The van der Waals surface area contributed by atoms with Crippen molar-refractivity contribution in [1.82, 2.24) is 9.88 Å². The quantitative estimate of drug-likeness (QED) is 0.283. The Bertz CT molecular complexity index is 1290. The molecule has 5 rings (SSSR count). The van der Waals surface area contributed by atoms with E-state index < -0.39 is 4.92 Å². The monoisotopic (exact) mass is 555 g/mol. The molecule has 208 valence electrons. The van der Waals surface area contributed by atoms with E-state index in [1.54, 1.807) is 37.3 Å². The van der Waals surface area contributed by atoms with Crippen LogP contribution in [0.3, 0.4) is 0 Å². The number of benzene rings is 2. The molecule has 2 aromatic carbocycles. The van der Waals surface area contributed by atoms with E-state index in [4.69, 9.17) is 19.2 Å². The van der Waals surface area contributed by atoms with Crippen LogP contribution in [0.2, 0.25) is 0 Å². The predicted molar refractivity (Wildman–Crippen MR) is 151 cm³/mol. The molecule has 0 aliphatic carbocycles. The zero-order valence-corrected chi connectivity index (χ0v) is 23.1. The number of methoxy groups -OCH3 is 2. The van der Waals surface area contributed by atoms with Gasteiger partial charge in [0, 0.05) is 50.9 Å². The Morgan fingerprint density at radius 2 is 1.79 bits per heavy atom. The Balaban J connectivity index is 1.52. The number of piperidine rings is 1. The van der Waals surface area contributed by atoms with Crippen LogP contribution in [0.25, 0.3) is 10.2 Å². The van der Waals surface area contributed by atoms with Crippen molar-refractivity contribution in [3.63, 3.8) is 0 Å². The Morgan fingerprint density at radius 3 is 2.49 bits per heavy atom. The summed E-state index contributed by atoms with van der Waals surface area (Å²) in [5.41, 5.74) is 1.36. The summed E-state index contributed by atoms with van der Waals surface area (Å²) in [6.45, 7) is 5.38. The number of amides is 1. The smallest absolute Gasteiger partial charge is 0.293 e. The first-order valence-electron chi connectivity index (χ1n) is 13.2. The summed E-state index contributed by atoms with van der Waals surface area (Å²) in [6.07, 6.45) is 3.12. The summed E-state index contributed by atoms with van der Waals surface area (Å²) < 4.78 is 17.3. The SMILES string of the molecule is COc1ccc(OC)c2sc(N(CCN3CCOCC3)C(=O)c3ccc(N4CCCCC4)c([N+](=O)[O-])c3)nc12. The van der Waals surface area contributed by atoms with Crippen molar-refractivity contribution in [2.75, 3.05) is 76.5 Å². The van der Waals surface area contributed by atoms with E-state index in [0.717, 1.165) is 50.1 Å². The van der Waals surface area contributed by atoms with Crippen LogP contribution in [-0.4, -0.2) is 87.4 Å². The Hall–Kier alpha value is -3.48. The average Bonchev–Trinajstić information content (AvgIpc) is 3.42. The zero-order chi connectivity index (χ0) is 27.4. The van der Waals surface area contributed by atoms with Crippen molar-refractivity contribution in [1.29, 1.82) is 0 Å². The van der Waals surface area contributed by atoms with Crippen LogP contribution >= 0.6 is 11.3 Å². The molecule has 0 unspecified atom stereocenters. The molecule has 11 nitrogen and oxygen atoms in total. The summed E-state index contributed by atoms with van der Waals surface area (Å²) in [7, 11) is 3.16. The number of morpholine rings is 1. The van der Waals surface area contributed by atoms with E-state index in [9.17, 15) is 14.9 Å². The van der Waals surface area contributed by atoms with E-state index in [1.807, 2.05) is 11.0 Å². The fraction of sp³-hybridized carbons (Fsp3) is 0.481. The number of hydrogen-bond acceptors (Lipinski definition) is 10. The van der Waals surface area contributed by atoms with E-state index in [1.165, 1.54) is 17.4 Å². The molecule has 0 N–H and O–H groups in total. The maximum atomic E-state index is 14.0. The molecule has 3 heterocycles. The van der Waals surface area contributed by atoms with Crippen LogP contribution in [0, 0.1) is 10.1 Å². The number of nitro benzene ring substituents is 1. The van der Waals surface area contributed by atoms with Gasteiger partial charge in [0.15, 0.2) is 5.13 Å². The molecule has 0 spiro atoms. The number of fused-ring (bicyclic) bond motifs is 1. The molecule has 2 aliphatic rings. The first-order chi connectivity index (χ1) is 19.0. The van der Waals surface area contributed by atoms with Gasteiger partial charge in [-0.1, -0.05) is 11.3 Å². The second-order valence-electron chi connectivity index (χ2n) is 9.56. The van der Waals surface area contributed by atoms with E-state index >= 15 is 0 Å². The summed E-state index contributed by atoms with van der Waals surface area (Å²) >= 11 is 1.34. The van der Waals surface area contributed by atoms with Gasteiger partial charge in [-0.25, -0.2) is 4.98 Å². The molecule has 2 saturated heterocycles. The van der Waals surface area contributed by atoms with Crippen LogP contribution in [0.4, 0.5) is 16.5 Å². The van der Waals surface area contributed by atoms with E-state index in [0.29, 0.717) is 54.1 Å². The van der Waals surface area contributed by atoms with Gasteiger partial charge < -0.3 is 19.1 Å². The largest absolute Gasteiger partial charge is 0.495 e. The number of rotatable bonds is 9.